The van der Waals surface area contributed by atoms with Crippen LogP contribution in [0.2, 0.25) is 0 Å². The molecule has 3 aromatic rings. The molecule has 30 heavy (non-hydrogen) atoms. The van der Waals surface area contributed by atoms with Crippen LogP contribution in [0.15, 0.2) is 52.9 Å². The number of aromatic nitrogens is 1. The normalized spacial score (nSPS) is 13.4. The molecule has 0 saturated heterocycles. The maximum Gasteiger partial charge on any atom is 0.452 e. The number of nitrogens with one attached hydrogen (secondary N) is 1. The highest BCUT2D eigenvalue weighted by molar-refractivity contribution is 6.04. The van der Waals surface area contributed by atoms with E-state index in [2.05, 4.69) is 22.1 Å². The smallest absolute Gasteiger partial charge is 0.431 e. The van der Waals surface area contributed by atoms with Gasteiger partial charge < -0.3 is 14.6 Å². The van der Waals surface area contributed by atoms with Crippen LogP contribution in [0.4, 0.5) is 24.5 Å². The maximum absolute atomic E-state index is 13.5. The number of benzene rings is 2. The van der Waals surface area contributed by atoms with Crippen molar-refractivity contribution in [3.05, 3.63) is 65.5 Å². The number of amides is 1. The molecule has 0 fully saturated rings. The Labute approximate surface area is 171 Å². The lowest BCUT2D eigenvalue weighted by atomic mass is 10.1. The average molecular weight is 415 g/mol. The van der Waals surface area contributed by atoms with Gasteiger partial charge in [-0.1, -0.05) is 25.1 Å². The van der Waals surface area contributed by atoms with Gasteiger partial charge in [0.25, 0.3) is 5.91 Å². The summed E-state index contributed by atoms with van der Waals surface area (Å²) in [6, 6.07) is 13.5. The van der Waals surface area contributed by atoms with Crippen LogP contribution in [0.1, 0.15) is 35.2 Å². The minimum absolute atomic E-state index is 0.253. The standard InChI is InChI=1S/C22H20F3N3O2/c1-2-11-28-12-10-15-13-16(8-9-17(15)28)26-20(29)18-19(22(23,24)25)30-21(27-18)14-6-4-3-5-7-14/h3-9,13H,2,10-12H2,1H3,(H,26,29). The zero-order chi connectivity index (χ0) is 21.3. The largest absolute Gasteiger partial charge is 0.452 e. The van der Waals surface area contributed by atoms with E-state index in [1.165, 1.54) is 0 Å². The van der Waals surface area contributed by atoms with E-state index in [-0.39, 0.29) is 5.89 Å². The summed E-state index contributed by atoms with van der Waals surface area (Å²) in [7, 11) is 0. The van der Waals surface area contributed by atoms with Crippen molar-refractivity contribution in [3.8, 4) is 11.5 Å². The predicted molar refractivity (Wildman–Crippen MR) is 108 cm³/mol. The van der Waals surface area contributed by atoms with Crippen molar-refractivity contribution in [2.75, 3.05) is 23.3 Å². The number of nitrogens with zero attached hydrogens (tertiary/aromatic N) is 2. The molecule has 0 aliphatic carbocycles. The SMILES string of the molecule is CCCN1CCc2cc(NC(=O)c3nc(-c4ccccc4)oc3C(F)(F)F)ccc21. The first-order chi connectivity index (χ1) is 14.4. The highest BCUT2D eigenvalue weighted by Crippen LogP contribution is 2.36. The van der Waals surface area contributed by atoms with E-state index in [1.54, 1.807) is 42.5 Å². The van der Waals surface area contributed by atoms with E-state index in [4.69, 9.17) is 4.42 Å². The molecule has 1 aliphatic heterocycles. The van der Waals surface area contributed by atoms with Gasteiger partial charge in [-0.15, -0.1) is 0 Å². The van der Waals surface area contributed by atoms with Crippen LogP contribution < -0.4 is 10.2 Å². The van der Waals surface area contributed by atoms with Gasteiger partial charge in [0.2, 0.25) is 11.7 Å². The first kappa shape index (κ1) is 20.0. The van der Waals surface area contributed by atoms with Gasteiger partial charge >= 0.3 is 6.18 Å². The number of rotatable bonds is 5. The summed E-state index contributed by atoms with van der Waals surface area (Å²) >= 11 is 0. The summed E-state index contributed by atoms with van der Waals surface area (Å²) in [5, 5.41) is 2.53. The summed E-state index contributed by atoms with van der Waals surface area (Å²) in [5.41, 5.74) is 2.15. The fraction of sp³-hybridized carbons (Fsp3) is 0.273. The van der Waals surface area contributed by atoms with Gasteiger partial charge in [-0.2, -0.15) is 13.2 Å². The van der Waals surface area contributed by atoms with Crippen molar-refractivity contribution >= 4 is 17.3 Å². The third-order valence-corrected chi connectivity index (χ3v) is 4.94. The van der Waals surface area contributed by atoms with E-state index in [1.807, 2.05) is 6.07 Å². The monoisotopic (exact) mass is 415 g/mol. The molecule has 2 aromatic carbocycles. The lowest BCUT2D eigenvalue weighted by Crippen LogP contribution is -2.21. The Morgan fingerprint density at radius 1 is 1.20 bits per heavy atom. The van der Waals surface area contributed by atoms with Crippen LogP contribution in [-0.4, -0.2) is 24.0 Å². The van der Waals surface area contributed by atoms with Gasteiger partial charge in [0, 0.05) is 30.0 Å². The Bertz CT molecular complexity index is 1060. The van der Waals surface area contributed by atoms with E-state index < -0.39 is 23.5 Å². The minimum Gasteiger partial charge on any atom is -0.431 e. The van der Waals surface area contributed by atoms with Crippen LogP contribution in [0.5, 0.6) is 0 Å². The zero-order valence-electron chi connectivity index (χ0n) is 16.3. The minimum atomic E-state index is -4.84. The molecule has 0 saturated carbocycles. The van der Waals surface area contributed by atoms with E-state index in [0.29, 0.717) is 11.3 Å². The Balaban J connectivity index is 1.61. The molecule has 2 heterocycles. The Kier molecular flexibility index (Phi) is 5.24. The van der Waals surface area contributed by atoms with Crippen LogP contribution >= 0.6 is 0 Å². The number of hydrogen-bond donors (Lipinski definition) is 1. The number of alkyl halides is 3. The summed E-state index contributed by atoms with van der Waals surface area (Å²) in [6.07, 6.45) is -2.99. The fourth-order valence-corrected chi connectivity index (χ4v) is 3.61. The molecule has 1 amide bonds. The molecule has 0 spiro atoms. The van der Waals surface area contributed by atoms with E-state index in [0.717, 1.165) is 37.2 Å². The van der Waals surface area contributed by atoms with Gasteiger partial charge in [0.1, 0.15) is 0 Å². The first-order valence-electron chi connectivity index (χ1n) is 9.69. The molecule has 1 N–H and O–H groups in total. The fourth-order valence-electron chi connectivity index (χ4n) is 3.61. The van der Waals surface area contributed by atoms with Crippen molar-refractivity contribution in [3.63, 3.8) is 0 Å². The van der Waals surface area contributed by atoms with Crippen LogP contribution in [-0.2, 0) is 12.6 Å². The number of fused-ring (bicyclic) bond motifs is 1. The topological polar surface area (TPSA) is 58.4 Å². The molecule has 1 aliphatic rings. The van der Waals surface area contributed by atoms with Crippen molar-refractivity contribution in [2.45, 2.75) is 25.9 Å². The van der Waals surface area contributed by atoms with Gasteiger partial charge in [0.15, 0.2) is 5.69 Å². The third kappa shape index (κ3) is 3.90. The molecule has 5 nitrogen and oxygen atoms in total. The molecular weight excluding hydrogens is 395 g/mol. The lowest BCUT2D eigenvalue weighted by Gasteiger charge is -2.18. The van der Waals surface area contributed by atoms with Gasteiger partial charge in [-0.25, -0.2) is 4.98 Å². The Morgan fingerprint density at radius 3 is 2.67 bits per heavy atom. The molecule has 0 unspecified atom stereocenters. The highest BCUT2D eigenvalue weighted by Gasteiger charge is 2.42. The van der Waals surface area contributed by atoms with Gasteiger partial charge in [-0.3, -0.25) is 4.79 Å². The number of halogens is 3. The number of carbonyl (C=O) groups is 1. The van der Waals surface area contributed by atoms with E-state index in [9.17, 15) is 18.0 Å². The second-order valence-corrected chi connectivity index (χ2v) is 7.10. The van der Waals surface area contributed by atoms with Gasteiger partial charge in [-0.05, 0) is 48.7 Å². The second kappa shape index (κ2) is 7.85. The first-order valence-corrected chi connectivity index (χ1v) is 9.69. The van der Waals surface area contributed by atoms with E-state index >= 15 is 0 Å². The molecule has 8 heteroatoms. The number of oxazole rings is 1. The number of hydrogen-bond acceptors (Lipinski definition) is 4. The van der Waals surface area contributed by atoms with Crippen molar-refractivity contribution in [1.29, 1.82) is 0 Å². The molecule has 4 rings (SSSR count). The molecule has 0 atom stereocenters. The number of anilines is 2. The van der Waals surface area contributed by atoms with Crippen molar-refractivity contribution < 1.29 is 22.4 Å². The quantitative estimate of drug-likeness (QED) is 0.607. The molecule has 0 bridgehead atoms. The maximum atomic E-state index is 13.5. The molecular formula is C22H20F3N3O2. The summed E-state index contributed by atoms with van der Waals surface area (Å²) in [5.74, 6) is -2.62. The van der Waals surface area contributed by atoms with Crippen molar-refractivity contribution in [2.24, 2.45) is 0 Å². The van der Waals surface area contributed by atoms with Crippen LogP contribution in [0.25, 0.3) is 11.5 Å². The predicted octanol–water partition coefficient (Wildman–Crippen LogP) is 5.39. The van der Waals surface area contributed by atoms with Crippen molar-refractivity contribution in [1.82, 2.24) is 4.98 Å². The molecule has 1 aromatic heterocycles. The zero-order valence-corrected chi connectivity index (χ0v) is 16.3. The Morgan fingerprint density at radius 2 is 1.97 bits per heavy atom. The summed E-state index contributed by atoms with van der Waals surface area (Å²) < 4.78 is 45.3. The highest BCUT2D eigenvalue weighted by atomic mass is 19.4. The van der Waals surface area contributed by atoms with Gasteiger partial charge in [0.05, 0.1) is 0 Å². The molecule has 156 valence electrons. The number of carbonyl (C=O) groups excluding carboxylic acids is 1. The van der Waals surface area contributed by atoms with Crippen LogP contribution in [0.3, 0.4) is 0 Å². The summed E-state index contributed by atoms with van der Waals surface area (Å²) in [4.78, 5) is 18.8. The molecule has 0 radical (unpaired) electrons. The lowest BCUT2D eigenvalue weighted by molar-refractivity contribution is -0.153. The second-order valence-electron chi connectivity index (χ2n) is 7.10. The average Bonchev–Trinajstić information content (AvgIpc) is 3.34. The van der Waals surface area contributed by atoms with Crippen LogP contribution in [0, 0.1) is 0 Å². The third-order valence-electron chi connectivity index (χ3n) is 4.94. The summed E-state index contributed by atoms with van der Waals surface area (Å²) in [6.45, 7) is 3.93. The Hall–Kier alpha value is -3.29.